The average Bonchev–Trinajstić information content (AvgIpc) is 3.43. The normalized spacial score (nSPS) is 16.4. The van der Waals surface area contributed by atoms with Crippen LogP contribution in [0.1, 0.15) is 23.1 Å². The van der Waals surface area contributed by atoms with Gasteiger partial charge in [0.05, 0.1) is 11.5 Å². The summed E-state index contributed by atoms with van der Waals surface area (Å²) < 4.78 is 40.3. The van der Waals surface area contributed by atoms with Crippen LogP contribution in [0, 0.1) is 5.92 Å². The van der Waals surface area contributed by atoms with Crippen LogP contribution >= 0.6 is 0 Å². The van der Waals surface area contributed by atoms with Crippen molar-refractivity contribution < 1.29 is 22.8 Å². The van der Waals surface area contributed by atoms with E-state index in [-0.39, 0.29) is 37.9 Å². The van der Waals surface area contributed by atoms with Crippen molar-refractivity contribution >= 4 is 11.8 Å². The van der Waals surface area contributed by atoms with Gasteiger partial charge in [-0.15, -0.1) is 0 Å². The molecule has 1 atom stereocenters. The topological polar surface area (TPSA) is 80.1 Å². The predicted octanol–water partition coefficient (Wildman–Crippen LogP) is 2.95. The summed E-state index contributed by atoms with van der Waals surface area (Å²) in [5, 5.41) is 6.90. The fourth-order valence-corrected chi connectivity index (χ4v) is 3.56. The zero-order valence-electron chi connectivity index (χ0n) is 16.9. The van der Waals surface area contributed by atoms with E-state index < -0.39 is 17.7 Å². The number of pyridine rings is 1. The molecule has 0 spiro atoms. The molecule has 2 aromatic heterocycles. The largest absolute Gasteiger partial charge is 0.416 e. The fraction of sp³-hybridized carbons (Fsp3) is 0.273. The van der Waals surface area contributed by atoms with E-state index in [2.05, 4.69) is 15.4 Å². The number of hydrogen-bond donors (Lipinski definition) is 1. The van der Waals surface area contributed by atoms with Gasteiger partial charge in [-0.1, -0.05) is 18.2 Å². The molecule has 1 fully saturated rings. The molecular weight excluding hydrogens is 423 g/mol. The Morgan fingerprint density at radius 3 is 2.69 bits per heavy atom. The van der Waals surface area contributed by atoms with Crippen molar-refractivity contribution in [2.45, 2.75) is 25.7 Å². The summed E-state index contributed by atoms with van der Waals surface area (Å²) in [5.74, 6) is -0.435. The Bertz CT molecular complexity index is 1100. The molecule has 7 nitrogen and oxygen atoms in total. The van der Waals surface area contributed by atoms with Gasteiger partial charge in [0.2, 0.25) is 11.8 Å². The summed E-state index contributed by atoms with van der Waals surface area (Å²) in [7, 11) is 0. The predicted molar refractivity (Wildman–Crippen MR) is 108 cm³/mol. The summed E-state index contributed by atoms with van der Waals surface area (Å²) in [6, 6.07) is 10.3. The third kappa shape index (κ3) is 4.96. The summed E-state index contributed by atoms with van der Waals surface area (Å²) in [6.45, 7) is 0.451. The maximum atomic E-state index is 12.9. The van der Waals surface area contributed by atoms with Crippen molar-refractivity contribution in [1.29, 1.82) is 0 Å². The number of rotatable bonds is 6. The second-order valence-corrected chi connectivity index (χ2v) is 7.57. The van der Waals surface area contributed by atoms with Crippen LogP contribution in [-0.4, -0.2) is 38.0 Å². The SMILES string of the molecule is O=C(NCc1ccc(-n2cccn2)nc1)C1CC(=O)N(Cc2cccc(C(F)(F)F)c2)C1. The molecule has 0 bridgehead atoms. The molecule has 1 aromatic carbocycles. The Labute approximate surface area is 181 Å². The number of benzene rings is 1. The molecule has 0 saturated carbocycles. The number of likely N-dealkylation sites (tertiary alicyclic amines) is 1. The Hall–Kier alpha value is -3.69. The third-order valence-electron chi connectivity index (χ3n) is 5.23. The minimum absolute atomic E-state index is 0.0290. The minimum Gasteiger partial charge on any atom is -0.352 e. The van der Waals surface area contributed by atoms with Crippen LogP contribution in [0.15, 0.2) is 61.1 Å². The molecule has 3 aromatic rings. The first-order chi connectivity index (χ1) is 15.3. The Kier molecular flexibility index (Phi) is 5.93. The highest BCUT2D eigenvalue weighted by molar-refractivity contribution is 5.89. The number of alkyl halides is 3. The maximum Gasteiger partial charge on any atom is 0.416 e. The Morgan fingerprint density at radius 1 is 1.16 bits per heavy atom. The minimum atomic E-state index is -4.45. The molecule has 10 heteroatoms. The van der Waals surface area contributed by atoms with Crippen LogP contribution in [0.4, 0.5) is 13.2 Å². The molecule has 4 rings (SSSR count). The number of amides is 2. The van der Waals surface area contributed by atoms with Crippen molar-refractivity contribution in [3.05, 3.63) is 77.7 Å². The summed E-state index contributed by atoms with van der Waals surface area (Å²) in [5.41, 5.74) is 0.403. The van der Waals surface area contributed by atoms with E-state index in [0.717, 1.165) is 17.7 Å². The molecule has 1 saturated heterocycles. The number of aromatic nitrogens is 3. The Morgan fingerprint density at radius 2 is 2.00 bits per heavy atom. The Balaban J connectivity index is 1.31. The lowest BCUT2D eigenvalue weighted by atomic mass is 10.1. The summed E-state index contributed by atoms with van der Waals surface area (Å²) in [4.78, 5) is 30.5. The van der Waals surface area contributed by atoms with Gasteiger partial charge >= 0.3 is 6.18 Å². The molecule has 1 aliphatic heterocycles. The molecule has 1 aliphatic rings. The van der Waals surface area contributed by atoms with Crippen molar-refractivity contribution in [2.24, 2.45) is 5.92 Å². The number of halogens is 3. The summed E-state index contributed by atoms with van der Waals surface area (Å²) >= 11 is 0. The van der Waals surface area contributed by atoms with Gasteiger partial charge in [-0.25, -0.2) is 9.67 Å². The van der Waals surface area contributed by atoms with E-state index >= 15 is 0 Å². The lowest BCUT2D eigenvalue weighted by Crippen LogP contribution is -2.32. The van der Waals surface area contributed by atoms with Crippen LogP contribution < -0.4 is 5.32 Å². The number of carbonyl (C=O) groups is 2. The first kappa shape index (κ1) is 21.5. The van der Waals surface area contributed by atoms with E-state index in [9.17, 15) is 22.8 Å². The molecule has 166 valence electrons. The van der Waals surface area contributed by atoms with E-state index in [1.165, 1.54) is 17.0 Å². The second-order valence-electron chi connectivity index (χ2n) is 7.57. The quantitative estimate of drug-likeness (QED) is 0.635. The fourth-order valence-electron chi connectivity index (χ4n) is 3.56. The van der Waals surface area contributed by atoms with E-state index in [4.69, 9.17) is 0 Å². The van der Waals surface area contributed by atoms with Gasteiger partial charge in [-0.05, 0) is 35.4 Å². The van der Waals surface area contributed by atoms with Crippen molar-refractivity contribution in [3.8, 4) is 5.82 Å². The first-order valence-corrected chi connectivity index (χ1v) is 9.96. The third-order valence-corrected chi connectivity index (χ3v) is 5.23. The molecular formula is C22H20F3N5O2. The molecule has 2 amide bonds. The van der Waals surface area contributed by atoms with Gasteiger partial charge in [0.25, 0.3) is 0 Å². The van der Waals surface area contributed by atoms with Crippen LogP contribution in [0.25, 0.3) is 5.82 Å². The van der Waals surface area contributed by atoms with Crippen LogP contribution in [0.3, 0.4) is 0 Å². The van der Waals surface area contributed by atoms with Crippen molar-refractivity contribution in [1.82, 2.24) is 25.0 Å². The van der Waals surface area contributed by atoms with Gasteiger partial charge < -0.3 is 10.2 Å². The number of nitrogens with zero attached hydrogens (tertiary/aromatic N) is 4. The zero-order chi connectivity index (χ0) is 22.7. The number of hydrogen-bond acceptors (Lipinski definition) is 4. The first-order valence-electron chi connectivity index (χ1n) is 9.96. The van der Waals surface area contributed by atoms with Crippen molar-refractivity contribution in [2.75, 3.05) is 6.54 Å². The number of nitrogens with one attached hydrogen (secondary N) is 1. The van der Waals surface area contributed by atoms with Crippen LogP contribution in [-0.2, 0) is 28.9 Å². The standard InChI is InChI=1S/C22H20F3N5O2/c23-22(24,25)18-4-1-3-15(9-18)13-29-14-17(10-20(29)31)21(32)27-12-16-5-6-19(26-11-16)30-8-2-7-28-30/h1-9,11,17H,10,12-14H2,(H,27,32). The van der Waals surface area contributed by atoms with Gasteiger partial charge in [0.1, 0.15) is 0 Å². The molecule has 32 heavy (non-hydrogen) atoms. The van der Waals surface area contributed by atoms with Gasteiger partial charge in [0, 0.05) is 44.6 Å². The molecule has 1 unspecified atom stereocenters. The van der Waals surface area contributed by atoms with Gasteiger partial charge in [-0.3, -0.25) is 9.59 Å². The zero-order valence-corrected chi connectivity index (χ0v) is 16.9. The van der Waals surface area contributed by atoms with E-state index in [0.29, 0.717) is 11.4 Å². The monoisotopic (exact) mass is 443 g/mol. The average molecular weight is 443 g/mol. The van der Waals surface area contributed by atoms with Crippen LogP contribution in [0.2, 0.25) is 0 Å². The molecule has 3 heterocycles. The van der Waals surface area contributed by atoms with Crippen molar-refractivity contribution in [3.63, 3.8) is 0 Å². The molecule has 0 aliphatic carbocycles. The van der Waals surface area contributed by atoms with Crippen LogP contribution in [0.5, 0.6) is 0 Å². The number of carbonyl (C=O) groups excluding carboxylic acids is 2. The molecule has 1 N–H and O–H groups in total. The summed E-state index contributed by atoms with van der Waals surface area (Å²) in [6.07, 6.45) is 0.637. The maximum absolute atomic E-state index is 12.9. The van der Waals surface area contributed by atoms with E-state index in [1.54, 1.807) is 35.4 Å². The highest BCUT2D eigenvalue weighted by Crippen LogP contribution is 2.30. The van der Waals surface area contributed by atoms with Gasteiger partial charge in [0.15, 0.2) is 5.82 Å². The smallest absolute Gasteiger partial charge is 0.352 e. The highest BCUT2D eigenvalue weighted by atomic mass is 19.4. The highest BCUT2D eigenvalue weighted by Gasteiger charge is 2.35. The van der Waals surface area contributed by atoms with E-state index in [1.807, 2.05) is 6.07 Å². The molecule has 0 radical (unpaired) electrons. The van der Waals surface area contributed by atoms with Gasteiger partial charge in [-0.2, -0.15) is 18.3 Å². The second kappa shape index (κ2) is 8.81. The lowest BCUT2D eigenvalue weighted by Gasteiger charge is -2.17. The lowest BCUT2D eigenvalue weighted by molar-refractivity contribution is -0.137.